The third-order valence-electron chi connectivity index (χ3n) is 3.69. The first-order chi connectivity index (χ1) is 10.7. The van der Waals surface area contributed by atoms with E-state index < -0.39 is 0 Å². The third kappa shape index (κ3) is 3.68. The van der Waals surface area contributed by atoms with Gasteiger partial charge in [0, 0.05) is 36.7 Å². The summed E-state index contributed by atoms with van der Waals surface area (Å²) < 4.78 is 0. The number of fused-ring (bicyclic) bond motifs is 1. The molecular weight excluding hydrogens is 278 g/mol. The lowest BCUT2D eigenvalue weighted by Gasteiger charge is -2.20. The molecule has 0 aliphatic carbocycles. The number of rotatable bonds is 7. The predicted octanol–water partition coefficient (Wildman–Crippen LogP) is 2.21. The van der Waals surface area contributed by atoms with Gasteiger partial charge in [0.05, 0.1) is 6.61 Å². The number of amides is 2. The molecule has 1 heterocycles. The first-order valence-corrected chi connectivity index (χ1v) is 7.47. The van der Waals surface area contributed by atoms with Crippen LogP contribution in [0, 0.1) is 6.92 Å². The van der Waals surface area contributed by atoms with Crippen LogP contribution in [-0.2, 0) is 6.42 Å². The van der Waals surface area contributed by atoms with Crippen LogP contribution in [0.1, 0.15) is 11.1 Å². The maximum absolute atomic E-state index is 12.0. The van der Waals surface area contributed by atoms with Crippen LogP contribution in [0.4, 0.5) is 4.79 Å². The summed E-state index contributed by atoms with van der Waals surface area (Å²) in [6, 6.07) is 6.03. The Balaban J connectivity index is 1.93. The minimum atomic E-state index is -0.176. The fourth-order valence-electron chi connectivity index (χ4n) is 2.54. The number of urea groups is 1. The number of hydrogen-bond donors (Lipinski definition) is 3. The topological polar surface area (TPSA) is 68.4 Å². The van der Waals surface area contributed by atoms with E-state index >= 15 is 0 Å². The number of aromatic nitrogens is 1. The van der Waals surface area contributed by atoms with E-state index in [1.165, 1.54) is 21.4 Å². The molecule has 0 spiro atoms. The Labute approximate surface area is 130 Å². The molecule has 0 radical (unpaired) electrons. The van der Waals surface area contributed by atoms with Crippen molar-refractivity contribution in [2.45, 2.75) is 13.3 Å². The van der Waals surface area contributed by atoms with Gasteiger partial charge in [-0.1, -0.05) is 24.3 Å². The van der Waals surface area contributed by atoms with E-state index in [2.05, 4.69) is 35.9 Å². The summed E-state index contributed by atoms with van der Waals surface area (Å²) in [4.78, 5) is 16.8. The quantitative estimate of drug-likeness (QED) is 0.686. The second-order valence-corrected chi connectivity index (χ2v) is 5.25. The fourth-order valence-corrected chi connectivity index (χ4v) is 2.54. The lowest BCUT2D eigenvalue weighted by atomic mass is 10.1. The molecule has 5 nitrogen and oxygen atoms in total. The Morgan fingerprint density at radius 1 is 1.50 bits per heavy atom. The summed E-state index contributed by atoms with van der Waals surface area (Å²) in [6.07, 6.45) is 4.41. The van der Waals surface area contributed by atoms with Crippen LogP contribution in [0.25, 0.3) is 10.9 Å². The van der Waals surface area contributed by atoms with Crippen molar-refractivity contribution in [1.29, 1.82) is 0 Å². The average Bonchev–Trinajstić information content (AvgIpc) is 2.92. The molecule has 2 aromatic rings. The van der Waals surface area contributed by atoms with Crippen LogP contribution in [0.15, 0.2) is 37.1 Å². The van der Waals surface area contributed by atoms with Gasteiger partial charge in [-0.3, -0.25) is 0 Å². The van der Waals surface area contributed by atoms with E-state index in [1.54, 1.807) is 6.08 Å². The Kier molecular flexibility index (Phi) is 5.61. The van der Waals surface area contributed by atoms with E-state index in [0.29, 0.717) is 19.6 Å². The number of aliphatic hydroxyl groups is 1. The molecule has 2 rings (SSSR count). The molecular formula is C17H23N3O2. The Morgan fingerprint density at radius 3 is 3.05 bits per heavy atom. The summed E-state index contributed by atoms with van der Waals surface area (Å²) in [7, 11) is 0. The maximum Gasteiger partial charge on any atom is 0.317 e. The average molecular weight is 301 g/mol. The standard InChI is InChI=1S/C17H23N3O2/c1-3-9-20(10-11-21)17(22)18-8-7-14-12-19-16-13(2)5-4-6-15(14)16/h3-6,12,19,21H,1,7-11H2,2H3,(H,18,22). The molecule has 1 aromatic carbocycles. The van der Waals surface area contributed by atoms with E-state index in [4.69, 9.17) is 5.11 Å². The minimum Gasteiger partial charge on any atom is -0.395 e. The summed E-state index contributed by atoms with van der Waals surface area (Å²) in [5.74, 6) is 0. The molecule has 0 aliphatic heterocycles. The fraction of sp³-hybridized carbons (Fsp3) is 0.353. The molecule has 2 amide bonds. The second kappa shape index (κ2) is 7.66. The smallest absolute Gasteiger partial charge is 0.317 e. The van der Waals surface area contributed by atoms with Gasteiger partial charge in [0.15, 0.2) is 0 Å². The van der Waals surface area contributed by atoms with Gasteiger partial charge >= 0.3 is 6.03 Å². The van der Waals surface area contributed by atoms with Crippen LogP contribution in [0.2, 0.25) is 0 Å². The zero-order valence-corrected chi connectivity index (χ0v) is 12.9. The number of aryl methyl sites for hydroxylation is 1. The van der Waals surface area contributed by atoms with E-state index in [9.17, 15) is 4.79 Å². The molecule has 22 heavy (non-hydrogen) atoms. The van der Waals surface area contributed by atoms with Crippen molar-refractivity contribution in [3.05, 3.63) is 48.2 Å². The van der Waals surface area contributed by atoms with Crippen molar-refractivity contribution in [3.8, 4) is 0 Å². The number of nitrogens with one attached hydrogen (secondary N) is 2. The minimum absolute atomic E-state index is 0.0526. The van der Waals surface area contributed by atoms with E-state index in [1.807, 2.05) is 12.3 Å². The second-order valence-electron chi connectivity index (χ2n) is 5.25. The monoisotopic (exact) mass is 301 g/mol. The van der Waals surface area contributed by atoms with Crippen molar-refractivity contribution in [2.24, 2.45) is 0 Å². The van der Waals surface area contributed by atoms with Crippen molar-refractivity contribution in [1.82, 2.24) is 15.2 Å². The van der Waals surface area contributed by atoms with Crippen LogP contribution in [0.5, 0.6) is 0 Å². The molecule has 3 N–H and O–H groups in total. The van der Waals surface area contributed by atoms with Crippen molar-refractivity contribution in [3.63, 3.8) is 0 Å². The lowest BCUT2D eigenvalue weighted by molar-refractivity contribution is 0.184. The summed E-state index contributed by atoms with van der Waals surface area (Å²) in [5, 5.41) is 13.1. The summed E-state index contributed by atoms with van der Waals surface area (Å²) in [6.45, 7) is 6.94. The number of aromatic amines is 1. The maximum atomic E-state index is 12.0. The van der Waals surface area contributed by atoms with Gasteiger partial charge in [-0.25, -0.2) is 4.79 Å². The Hall–Kier alpha value is -2.27. The zero-order chi connectivity index (χ0) is 15.9. The first kappa shape index (κ1) is 16.1. The van der Waals surface area contributed by atoms with Crippen LogP contribution in [-0.4, -0.2) is 47.3 Å². The molecule has 1 aromatic heterocycles. The van der Waals surface area contributed by atoms with Gasteiger partial charge in [0.25, 0.3) is 0 Å². The number of benzene rings is 1. The zero-order valence-electron chi connectivity index (χ0n) is 12.9. The number of hydrogen-bond acceptors (Lipinski definition) is 2. The number of para-hydroxylation sites is 1. The van der Waals surface area contributed by atoms with Gasteiger partial charge in [-0.05, 0) is 24.5 Å². The molecule has 0 unspecified atom stereocenters. The van der Waals surface area contributed by atoms with E-state index in [0.717, 1.165) is 11.9 Å². The highest BCUT2D eigenvalue weighted by Crippen LogP contribution is 2.21. The van der Waals surface area contributed by atoms with Gasteiger partial charge in [0.2, 0.25) is 0 Å². The van der Waals surface area contributed by atoms with E-state index in [-0.39, 0.29) is 12.6 Å². The number of aliphatic hydroxyl groups excluding tert-OH is 1. The molecule has 0 atom stereocenters. The highest BCUT2D eigenvalue weighted by molar-refractivity contribution is 5.86. The molecule has 5 heteroatoms. The number of carbonyl (C=O) groups excluding carboxylic acids is 1. The van der Waals surface area contributed by atoms with Gasteiger partial charge in [-0.15, -0.1) is 6.58 Å². The van der Waals surface area contributed by atoms with Gasteiger partial charge < -0.3 is 20.3 Å². The molecule has 0 saturated carbocycles. The third-order valence-corrected chi connectivity index (χ3v) is 3.69. The van der Waals surface area contributed by atoms with Crippen LogP contribution >= 0.6 is 0 Å². The molecule has 0 aliphatic rings. The largest absolute Gasteiger partial charge is 0.395 e. The number of nitrogens with zero attached hydrogens (tertiary/aromatic N) is 1. The normalized spacial score (nSPS) is 10.6. The molecule has 0 fully saturated rings. The van der Waals surface area contributed by atoms with Gasteiger partial charge in [-0.2, -0.15) is 0 Å². The Morgan fingerprint density at radius 2 is 2.32 bits per heavy atom. The summed E-state index contributed by atoms with van der Waals surface area (Å²) >= 11 is 0. The van der Waals surface area contributed by atoms with Crippen molar-refractivity contribution in [2.75, 3.05) is 26.2 Å². The predicted molar refractivity (Wildman–Crippen MR) is 89.0 cm³/mol. The van der Waals surface area contributed by atoms with Gasteiger partial charge in [0.1, 0.15) is 0 Å². The number of carbonyl (C=O) groups is 1. The highest BCUT2D eigenvalue weighted by Gasteiger charge is 2.11. The molecule has 118 valence electrons. The van der Waals surface area contributed by atoms with Crippen molar-refractivity contribution >= 4 is 16.9 Å². The van der Waals surface area contributed by atoms with Crippen LogP contribution in [0.3, 0.4) is 0 Å². The molecule has 0 bridgehead atoms. The Bertz CT molecular complexity index is 648. The summed E-state index contributed by atoms with van der Waals surface area (Å²) in [5.41, 5.74) is 3.56. The molecule has 0 saturated heterocycles. The first-order valence-electron chi connectivity index (χ1n) is 7.47. The SMILES string of the molecule is C=CCN(CCO)C(=O)NCCc1c[nH]c2c(C)cccc12. The van der Waals surface area contributed by atoms with Crippen LogP contribution < -0.4 is 5.32 Å². The number of H-pyrrole nitrogens is 1. The van der Waals surface area contributed by atoms with Crippen molar-refractivity contribution < 1.29 is 9.90 Å². The highest BCUT2D eigenvalue weighted by atomic mass is 16.3. The lowest BCUT2D eigenvalue weighted by Crippen LogP contribution is -2.42.